The molecule has 1 heterocycles. The van der Waals surface area contributed by atoms with Gasteiger partial charge < -0.3 is 15.2 Å². The summed E-state index contributed by atoms with van der Waals surface area (Å²) >= 11 is 13.4. The van der Waals surface area contributed by atoms with Crippen molar-refractivity contribution in [3.63, 3.8) is 0 Å². The number of para-hydroxylation sites is 1. The largest absolute Gasteiger partial charge is 0.345 e. The Kier molecular flexibility index (Phi) is 9.12. The molecule has 0 aliphatic carbocycles. The third-order valence-corrected chi connectivity index (χ3v) is 5.97. The maximum atomic E-state index is 12.3. The number of hydrogen-bond donors (Lipinski definition) is 2. The second-order valence-corrected chi connectivity index (χ2v) is 8.44. The highest BCUT2D eigenvalue weighted by molar-refractivity contribution is 7.99. The number of carbonyl (C=O) groups is 2. The summed E-state index contributed by atoms with van der Waals surface area (Å²) in [7, 11) is 0. The Balaban J connectivity index is 1.58. The van der Waals surface area contributed by atoms with Gasteiger partial charge in [0.25, 0.3) is 0 Å². The van der Waals surface area contributed by atoms with Crippen molar-refractivity contribution in [3.8, 4) is 0 Å². The molecule has 33 heavy (non-hydrogen) atoms. The van der Waals surface area contributed by atoms with Crippen LogP contribution in [0.4, 0.5) is 5.69 Å². The third-order valence-electron chi connectivity index (χ3n) is 4.33. The van der Waals surface area contributed by atoms with Crippen LogP contribution in [0.25, 0.3) is 6.08 Å². The summed E-state index contributed by atoms with van der Waals surface area (Å²) in [6, 6.07) is 14.2. The molecule has 0 aliphatic rings. The number of rotatable bonds is 10. The van der Waals surface area contributed by atoms with Crippen LogP contribution in [0.3, 0.4) is 0 Å². The fourth-order valence-corrected chi connectivity index (χ4v) is 3.90. The normalized spacial score (nSPS) is 10.8. The van der Waals surface area contributed by atoms with Gasteiger partial charge in [0, 0.05) is 17.6 Å². The molecule has 10 heteroatoms. The molecule has 2 N–H and O–H groups in total. The molecule has 0 saturated carbocycles. The van der Waals surface area contributed by atoms with Gasteiger partial charge in [-0.2, -0.15) is 0 Å². The molecule has 3 rings (SSSR count). The first-order valence-corrected chi connectivity index (χ1v) is 11.6. The van der Waals surface area contributed by atoms with E-state index >= 15 is 0 Å². The van der Waals surface area contributed by atoms with Crippen molar-refractivity contribution in [3.05, 3.63) is 88.7 Å². The van der Waals surface area contributed by atoms with Crippen LogP contribution in [0.5, 0.6) is 0 Å². The molecule has 0 atom stereocenters. The molecule has 0 unspecified atom stereocenters. The van der Waals surface area contributed by atoms with Crippen LogP contribution in [-0.2, 0) is 22.7 Å². The second kappa shape index (κ2) is 12.2. The molecule has 0 radical (unpaired) electrons. The van der Waals surface area contributed by atoms with E-state index in [1.54, 1.807) is 47.1 Å². The quantitative estimate of drug-likeness (QED) is 0.236. The van der Waals surface area contributed by atoms with Crippen LogP contribution in [0.2, 0.25) is 10.0 Å². The fourth-order valence-electron chi connectivity index (χ4n) is 2.75. The Morgan fingerprint density at radius 2 is 1.79 bits per heavy atom. The number of aromatic nitrogens is 3. The van der Waals surface area contributed by atoms with Crippen LogP contribution < -0.4 is 10.6 Å². The van der Waals surface area contributed by atoms with Crippen molar-refractivity contribution < 1.29 is 9.59 Å². The highest BCUT2D eigenvalue weighted by Crippen LogP contribution is 2.22. The van der Waals surface area contributed by atoms with Crippen molar-refractivity contribution in [2.45, 2.75) is 18.2 Å². The highest BCUT2D eigenvalue weighted by Gasteiger charge is 2.14. The zero-order valence-electron chi connectivity index (χ0n) is 17.5. The lowest BCUT2D eigenvalue weighted by Crippen LogP contribution is -2.23. The fraction of sp³-hybridized carbons (Fsp3) is 0.130. The summed E-state index contributed by atoms with van der Waals surface area (Å²) in [5.41, 5.74) is 1.29. The number of nitrogens with one attached hydrogen (secondary N) is 2. The summed E-state index contributed by atoms with van der Waals surface area (Å²) in [6.45, 7) is 4.35. The lowest BCUT2D eigenvalue weighted by Gasteiger charge is -2.09. The number of halogens is 2. The average molecular weight is 502 g/mol. The van der Waals surface area contributed by atoms with Gasteiger partial charge in [-0.05, 0) is 29.8 Å². The predicted octanol–water partition coefficient (Wildman–Crippen LogP) is 4.83. The van der Waals surface area contributed by atoms with Gasteiger partial charge in [-0.15, -0.1) is 16.8 Å². The number of carbonyl (C=O) groups excluding carboxylic acids is 2. The summed E-state index contributed by atoms with van der Waals surface area (Å²) in [6.07, 6.45) is 4.75. The molecular formula is C23H21Cl2N5O2S. The van der Waals surface area contributed by atoms with Crippen molar-refractivity contribution in [1.29, 1.82) is 0 Å². The zero-order valence-corrected chi connectivity index (χ0v) is 19.8. The summed E-state index contributed by atoms with van der Waals surface area (Å²) < 4.78 is 1.79. The van der Waals surface area contributed by atoms with Crippen molar-refractivity contribution in [2.75, 3.05) is 11.1 Å². The van der Waals surface area contributed by atoms with Gasteiger partial charge in [0.1, 0.15) is 0 Å². The minimum absolute atomic E-state index is 0.118. The van der Waals surface area contributed by atoms with Gasteiger partial charge >= 0.3 is 0 Å². The molecule has 0 saturated heterocycles. The third kappa shape index (κ3) is 7.21. The zero-order chi connectivity index (χ0) is 23.6. The van der Waals surface area contributed by atoms with Crippen LogP contribution in [-0.4, -0.2) is 32.3 Å². The van der Waals surface area contributed by atoms with E-state index < -0.39 is 0 Å². The summed E-state index contributed by atoms with van der Waals surface area (Å²) in [5, 5.41) is 15.4. The number of benzene rings is 2. The molecule has 1 aromatic heterocycles. The molecule has 0 fully saturated rings. The minimum atomic E-state index is -0.295. The Bertz CT molecular complexity index is 1180. The second-order valence-electron chi connectivity index (χ2n) is 6.69. The van der Waals surface area contributed by atoms with Gasteiger partial charge in [0.2, 0.25) is 11.8 Å². The molecular weight excluding hydrogens is 481 g/mol. The van der Waals surface area contributed by atoms with E-state index in [1.807, 2.05) is 18.2 Å². The van der Waals surface area contributed by atoms with Crippen molar-refractivity contribution in [1.82, 2.24) is 20.1 Å². The lowest BCUT2D eigenvalue weighted by atomic mass is 10.2. The molecule has 2 aromatic carbocycles. The van der Waals surface area contributed by atoms with Gasteiger partial charge in [-0.1, -0.05) is 71.4 Å². The van der Waals surface area contributed by atoms with E-state index in [1.165, 1.54) is 17.8 Å². The first-order chi connectivity index (χ1) is 16.0. The molecule has 0 bridgehead atoms. The Morgan fingerprint density at radius 1 is 1.06 bits per heavy atom. The number of thioether (sulfide) groups is 1. The molecule has 170 valence electrons. The van der Waals surface area contributed by atoms with Crippen LogP contribution in [0.15, 0.2) is 72.4 Å². The van der Waals surface area contributed by atoms with E-state index in [2.05, 4.69) is 27.4 Å². The highest BCUT2D eigenvalue weighted by atomic mass is 35.5. The van der Waals surface area contributed by atoms with Gasteiger partial charge in [0.15, 0.2) is 11.0 Å². The van der Waals surface area contributed by atoms with E-state index in [-0.39, 0.29) is 24.1 Å². The number of hydrogen-bond acceptors (Lipinski definition) is 5. The Labute approximate surface area is 205 Å². The Morgan fingerprint density at radius 3 is 2.52 bits per heavy atom. The molecule has 0 aliphatic heterocycles. The monoisotopic (exact) mass is 501 g/mol. The minimum Gasteiger partial charge on any atom is -0.345 e. The maximum absolute atomic E-state index is 12.3. The predicted molar refractivity (Wildman–Crippen MR) is 133 cm³/mol. The number of amides is 2. The Hall–Kier alpha value is -3.07. The topological polar surface area (TPSA) is 88.9 Å². The van der Waals surface area contributed by atoms with E-state index in [4.69, 9.17) is 23.2 Å². The molecule has 0 spiro atoms. The van der Waals surface area contributed by atoms with Gasteiger partial charge in [0.05, 0.1) is 23.0 Å². The van der Waals surface area contributed by atoms with Gasteiger partial charge in [-0.3, -0.25) is 9.59 Å². The summed E-state index contributed by atoms with van der Waals surface area (Å²) in [5.74, 6) is 0.147. The van der Waals surface area contributed by atoms with Crippen LogP contribution in [0.1, 0.15) is 11.4 Å². The lowest BCUT2D eigenvalue weighted by molar-refractivity contribution is -0.116. The average Bonchev–Trinajstić information content (AvgIpc) is 3.19. The number of nitrogens with zero attached hydrogens (tertiary/aromatic N) is 3. The van der Waals surface area contributed by atoms with E-state index in [0.29, 0.717) is 33.3 Å². The SMILES string of the molecule is C=CCn1c(CNC(=O)/C=C/c2ccccc2Cl)nnc1SCC(=O)Nc1ccccc1Cl. The smallest absolute Gasteiger partial charge is 0.244 e. The summed E-state index contributed by atoms with van der Waals surface area (Å²) in [4.78, 5) is 24.5. The van der Waals surface area contributed by atoms with Crippen molar-refractivity contribution >= 4 is 58.5 Å². The standard InChI is InChI=1S/C23H21Cl2N5O2S/c1-2-13-30-20(14-26-21(31)12-11-16-7-3-4-8-17(16)24)28-29-23(30)33-15-22(32)27-19-10-6-5-9-18(19)25/h2-12H,1,13-15H2,(H,26,31)(H,27,32)/b12-11+. The van der Waals surface area contributed by atoms with E-state index in [0.717, 1.165) is 5.56 Å². The van der Waals surface area contributed by atoms with Crippen LogP contribution in [0, 0.1) is 0 Å². The molecule has 7 nitrogen and oxygen atoms in total. The number of allylic oxidation sites excluding steroid dienone is 1. The van der Waals surface area contributed by atoms with Crippen LogP contribution >= 0.6 is 35.0 Å². The molecule has 3 aromatic rings. The first-order valence-electron chi connectivity index (χ1n) is 9.88. The van der Waals surface area contributed by atoms with E-state index in [9.17, 15) is 9.59 Å². The van der Waals surface area contributed by atoms with Crippen molar-refractivity contribution in [2.24, 2.45) is 0 Å². The van der Waals surface area contributed by atoms with Gasteiger partial charge in [-0.25, -0.2) is 0 Å². The number of anilines is 1. The first kappa shape index (κ1) is 24.6. The maximum Gasteiger partial charge on any atom is 0.244 e. The molecule has 2 amide bonds.